The number of carbonyl (C=O) groups excluding carboxylic acids is 1. The number of carbonyl (C=O) groups is 1. The summed E-state index contributed by atoms with van der Waals surface area (Å²) in [4.78, 5) is 11.1. The number of amides is 1. The van der Waals surface area contributed by atoms with Crippen LogP contribution in [-0.4, -0.2) is 5.91 Å². The molecule has 0 saturated heterocycles. The molecule has 0 fully saturated rings. The molecule has 0 heterocycles. The minimum Gasteiger partial charge on any atom is -0.489 e. The maximum Gasteiger partial charge on any atom is 0.248 e. The summed E-state index contributed by atoms with van der Waals surface area (Å²) in [6.07, 6.45) is 0. The third kappa shape index (κ3) is 3.09. The number of rotatable bonds is 4. The Labute approximate surface area is 118 Å². The zero-order chi connectivity index (χ0) is 14.7. The van der Waals surface area contributed by atoms with Crippen LogP contribution in [0.1, 0.15) is 27.0 Å². The second-order valence-corrected chi connectivity index (χ2v) is 4.81. The lowest BCUT2D eigenvalue weighted by Crippen LogP contribution is -2.11. The first-order valence-electron chi connectivity index (χ1n) is 6.35. The summed E-state index contributed by atoms with van der Waals surface area (Å²) < 4.78 is 5.74. The Morgan fingerprint density at radius 2 is 1.85 bits per heavy atom. The van der Waals surface area contributed by atoms with Crippen molar-refractivity contribution in [2.45, 2.75) is 20.5 Å². The van der Waals surface area contributed by atoms with Crippen molar-refractivity contribution in [1.82, 2.24) is 0 Å². The summed E-state index contributed by atoms with van der Waals surface area (Å²) in [5.74, 6) is 0.352. The van der Waals surface area contributed by atoms with E-state index in [1.165, 1.54) is 0 Å². The van der Waals surface area contributed by atoms with Crippen molar-refractivity contribution in [3.8, 4) is 5.75 Å². The van der Waals surface area contributed by atoms with Crippen molar-refractivity contribution < 1.29 is 9.53 Å². The van der Waals surface area contributed by atoms with E-state index < -0.39 is 5.91 Å². The summed E-state index contributed by atoms with van der Waals surface area (Å²) in [6, 6.07) is 10.9. The van der Waals surface area contributed by atoms with Crippen LogP contribution in [0, 0.1) is 13.8 Å². The number of hydrogen-bond acceptors (Lipinski definition) is 3. The molecule has 0 atom stereocenters. The molecule has 0 saturated carbocycles. The average Bonchev–Trinajstić information content (AvgIpc) is 2.41. The maximum atomic E-state index is 11.1. The fourth-order valence-corrected chi connectivity index (χ4v) is 1.91. The van der Waals surface area contributed by atoms with Crippen molar-refractivity contribution in [3.05, 3.63) is 58.7 Å². The monoisotopic (exact) mass is 270 g/mol. The largest absolute Gasteiger partial charge is 0.489 e. The molecule has 4 N–H and O–H groups in total. The number of nitrogens with two attached hydrogens (primary N) is 2. The van der Waals surface area contributed by atoms with E-state index in [-0.39, 0.29) is 0 Å². The Balaban J connectivity index is 2.10. The van der Waals surface area contributed by atoms with Gasteiger partial charge in [-0.25, -0.2) is 0 Å². The predicted octanol–water partition coefficient (Wildman–Crippen LogP) is 2.56. The van der Waals surface area contributed by atoms with Gasteiger partial charge in [-0.05, 0) is 60.9 Å². The molecule has 0 aliphatic carbocycles. The predicted molar refractivity (Wildman–Crippen MR) is 79.6 cm³/mol. The zero-order valence-corrected chi connectivity index (χ0v) is 11.6. The van der Waals surface area contributed by atoms with Gasteiger partial charge < -0.3 is 16.2 Å². The van der Waals surface area contributed by atoms with Crippen molar-refractivity contribution >= 4 is 11.6 Å². The second-order valence-electron chi connectivity index (χ2n) is 4.81. The first-order valence-corrected chi connectivity index (χ1v) is 6.35. The molecule has 2 aromatic carbocycles. The highest BCUT2D eigenvalue weighted by atomic mass is 16.5. The molecule has 0 unspecified atom stereocenters. The lowest BCUT2D eigenvalue weighted by atomic mass is 10.1. The standard InChI is InChI=1S/C16H18N2O2/c1-10-7-12(16(18)19)3-4-13(10)9-20-14-5-6-15(17)11(2)8-14/h3-8H,9,17H2,1-2H3,(H2,18,19). The molecule has 0 spiro atoms. The lowest BCUT2D eigenvalue weighted by molar-refractivity contribution is 0.1000. The fourth-order valence-electron chi connectivity index (χ4n) is 1.91. The highest BCUT2D eigenvalue weighted by Gasteiger charge is 2.05. The molecule has 104 valence electrons. The molecule has 1 amide bonds. The molecular weight excluding hydrogens is 252 g/mol. The van der Waals surface area contributed by atoms with Gasteiger partial charge in [-0.2, -0.15) is 0 Å². The van der Waals surface area contributed by atoms with Crippen LogP contribution in [0.25, 0.3) is 0 Å². The second kappa shape index (κ2) is 5.65. The first-order chi connectivity index (χ1) is 9.47. The van der Waals surface area contributed by atoms with E-state index in [1.54, 1.807) is 12.1 Å². The number of hydrogen-bond donors (Lipinski definition) is 2. The smallest absolute Gasteiger partial charge is 0.248 e. The van der Waals surface area contributed by atoms with Crippen LogP contribution in [0.2, 0.25) is 0 Å². The third-order valence-corrected chi connectivity index (χ3v) is 3.26. The van der Waals surface area contributed by atoms with Crippen molar-refractivity contribution in [2.75, 3.05) is 5.73 Å². The quantitative estimate of drug-likeness (QED) is 0.838. The van der Waals surface area contributed by atoms with E-state index in [4.69, 9.17) is 16.2 Å². The first kappa shape index (κ1) is 13.9. The summed E-state index contributed by atoms with van der Waals surface area (Å²) in [6.45, 7) is 4.31. The van der Waals surface area contributed by atoms with Crippen molar-refractivity contribution in [2.24, 2.45) is 5.73 Å². The number of benzene rings is 2. The van der Waals surface area contributed by atoms with Gasteiger partial charge in [0.1, 0.15) is 12.4 Å². The van der Waals surface area contributed by atoms with Crippen LogP contribution >= 0.6 is 0 Å². The molecule has 20 heavy (non-hydrogen) atoms. The fraction of sp³-hybridized carbons (Fsp3) is 0.188. The van der Waals surface area contributed by atoms with Crippen molar-refractivity contribution in [3.63, 3.8) is 0 Å². The lowest BCUT2D eigenvalue weighted by Gasteiger charge is -2.11. The van der Waals surface area contributed by atoms with Crippen LogP contribution in [0.4, 0.5) is 5.69 Å². The van der Waals surface area contributed by atoms with Gasteiger partial charge in [0.15, 0.2) is 0 Å². The minimum atomic E-state index is -0.422. The molecule has 2 aromatic rings. The normalized spacial score (nSPS) is 10.3. The van der Waals surface area contributed by atoms with Gasteiger partial charge in [0.25, 0.3) is 0 Å². The molecule has 0 aliphatic heterocycles. The third-order valence-electron chi connectivity index (χ3n) is 3.26. The van der Waals surface area contributed by atoms with Gasteiger partial charge in [-0.3, -0.25) is 4.79 Å². The molecule has 0 aliphatic rings. The summed E-state index contributed by atoms with van der Waals surface area (Å²) in [5, 5.41) is 0. The van der Waals surface area contributed by atoms with Crippen LogP contribution in [0.15, 0.2) is 36.4 Å². The number of ether oxygens (including phenoxy) is 1. The highest BCUT2D eigenvalue weighted by Crippen LogP contribution is 2.20. The number of aryl methyl sites for hydroxylation is 2. The Hall–Kier alpha value is -2.49. The van der Waals surface area contributed by atoms with Gasteiger partial charge in [0, 0.05) is 11.3 Å². The summed E-state index contributed by atoms with van der Waals surface area (Å²) >= 11 is 0. The van der Waals surface area contributed by atoms with Crippen LogP contribution in [0.5, 0.6) is 5.75 Å². The molecule has 0 aromatic heterocycles. The Kier molecular flexibility index (Phi) is 3.94. The van der Waals surface area contributed by atoms with Gasteiger partial charge >= 0.3 is 0 Å². The zero-order valence-electron chi connectivity index (χ0n) is 11.6. The SMILES string of the molecule is Cc1cc(OCc2ccc(C(N)=O)cc2C)ccc1N. The Morgan fingerprint density at radius 1 is 1.10 bits per heavy atom. The van der Waals surface area contributed by atoms with Crippen LogP contribution < -0.4 is 16.2 Å². The molecule has 4 nitrogen and oxygen atoms in total. The molecule has 2 rings (SSSR count). The van der Waals surface area contributed by atoms with E-state index in [2.05, 4.69) is 0 Å². The van der Waals surface area contributed by atoms with E-state index in [1.807, 2.05) is 38.1 Å². The van der Waals surface area contributed by atoms with Gasteiger partial charge in [0.2, 0.25) is 5.91 Å². The van der Waals surface area contributed by atoms with E-state index in [9.17, 15) is 4.79 Å². The van der Waals surface area contributed by atoms with Gasteiger partial charge in [-0.1, -0.05) is 6.07 Å². The Bertz CT molecular complexity index is 651. The maximum absolute atomic E-state index is 11.1. The van der Waals surface area contributed by atoms with Crippen LogP contribution in [-0.2, 0) is 6.61 Å². The minimum absolute atomic E-state index is 0.422. The van der Waals surface area contributed by atoms with E-state index in [0.29, 0.717) is 12.2 Å². The average molecular weight is 270 g/mol. The van der Waals surface area contributed by atoms with Crippen LogP contribution in [0.3, 0.4) is 0 Å². The number of anilines is 1. The topological polar surface area (TPSA) is 78.3 Å². The van der Waals surface area contributed by atoms with Gasteiger partial charge in [-0.15, -0.1) is 0 Å². The molecule has 0 radical (unpaired) electrons. The number of primary amides is 1. The highest BCUT2D eigenvalue weighted by molar-refractivity contribution is 5.93. The molecular formula is C16H18N2O2. The van der Waals surface area contributed by atoms with Gasteiger partial charge in [0.05, 0.1) is 0 Å². The van der Waals surface area contributed by atoms with E-state index in [0.717, 1.165) is 28.1 Å². The Morgan fingerprint density at radius 3 is 2.45 bits per heavy atom. The molecule has 0 bridgehead atoms. The van der Waals surface area contributed by atoms with Crippen molar-refractivity contribution in [1.29, 1.82) is 0 Å². The summed E-state index contributed by atoms with van der Waals surface area (Å²) in [5.41, 5.74) is 15.3. The molecule has 4 heteroatoms. The number of nitrogen functional groups attached to an aromatic ring is 1. The van der Waals surface area contributed by atoms with E-state index >= 15 is 0 Å². The summed E-state index contributed by atoms with van der Waals surface area (Å²) in [7, 11) is 0.